The average molecular weight is 395 g/mol. The Morgan fingerprint density at radius 2 is 1.80 bits per heavy atom. The highest BCUT2D eigenvalue weighted by atomic mass is 35.5. The lowest BCUT2D eigenvalue weighted by Gasteiger charge is -2.19. The molecule has 4 nitrogen and oxygen atoms in total. The van der Waals surface area contributed by atoms with Crippen molar-refractivity contribution in [2.24, 2.45) is 7.05 Å². The van der Waals surface area contributed by atoms with Crippen molar-refractivity contribution in [1.82, 2.24) is 14.9 Å². The quantitative estimate of drug-likeness (QED) is 0.684. The lowest BCUT2D eigenvalue weighted by molar-refractivity contribution is 0.0941. The zero-order valence-electron chi connectivity index (χ0n) is 13.2. The van der Waals surface area contributed by atoms with Gasteiger partial charge in [-0.25, -0.2) is 4.98 Å². The fourth-order valence-corrected chi connectivity index (χ4v) is 2.88. The molecule has 0 spiro atoms. The van der Waals surface area contributed by atoms with Gasteiger partial charge in [0.2, 0.25) is 0 Å². The Hall–Kier alpha value is -2.01. The van der Waals surface area contributed by atoms with Gasteiger partial charge in [-0.2, -0.15) is 0 Å². The molecule has 25 heavy (non-hydrogen) atoms. The fraction of sp³-hybridized carbons (Fsp3) is 0.111. The monoisotopic (exact) mass is 393 g/mol. The number of benzene rings is 2. The summed E-state index contributed by atoms with van der Waals surface area (Å²) in [5.74, 6) is 0.428. The highest BCUT2D eigenvalue weighted by molar-refractivity contribution is 6.42. The van der Waals surface area contributed by atoms with E-state index in [9.17, 15) is 4.79 Å². The standard InChI is InChI=1S/C18H14Cl3N3O/c1-24-9-8-22-17(24)16(11-2-5-13(19)6-3-11)23-18(25)12-4-7-14(20)15(21)10-12/h2-10,16H,1H3,(H,23,25)/t16-/m0/s1. The summed E-state index contributed by atoms with van der Waals surface area (Å²) in [5.41, 5.74) is 1.29. The third kappa shape index (κ3) is 3.98. The number of carbonyl (C=O) groups excluding carboxylic acids is 1. The van der Waals surface area contributed by atoms with Crippen LogP contribution < -0.4 is 5.32 Å². The van der Waals surface area contributed by atoms with Gasteiger partial charge in [-0.05, 0) is 35.9 Å². The summed E-state index contributed by atoms with van der Waals surface area (Å²) in [4.78, 5) is 17.1. The molecular formula is C18H14Cl3N3O. The van der Waals surface area contributed by atoms with Crippen LogP contribution in [-0.2, 0) is 7.05 Å². The van der Waals surface area contributed by atoms with Crippen LogP contribution >= 0.6 is 34.8 Å². The number of aromatic nitrogens is 2. The molecule has 0 saturated carbocycles. The number of nitrogens with one attached hydrogen (secondary N) is 1. The van der Waals surface area contributed by atoms with Crippen LogP contribution in [0, 0.1) is 0 Å². The van der Waals surface area contributed by atoms with Crippen molar-refractivity contribution in [2.75, 3.05) is 0 Å². The molecule has 1 N–H and O–H groups in total. The third-order valence-corrected chi connectivity index (χ3v) is 4.77. The van der Waals surface area contributed by atoms with Crippen molar-refractivity contribution in [3.63, 3.8) is 0 Å². The first-order valence-electron chi connectivity index (χ1n) is 7.44. The van der Waals surface area contributed by atoms with Crippen LogP contribution in [0.5, 0.6) is 0 Å². The molecule has 0 fully saturated rings. The predicted octanol–water partition coefficient (Wildman–Crippen LogP) is 4.90. The number of hydrogen-bond donors (Lipinski definition) is 1. The van der Waals surface area contributed by atoms with Crippen LogP contribution in [0.2, 0.25) is 15.1 Å². The van der Waals surface area contributed by atoms with Gasteiger partial charge in [-0.3, -0.25) is 4.79 Å². The van der Waals surface area contributed by atoms with Gasteiger partial charge in [0.05, 0.1) is 10.0 Å². The van der Waals surface area contributed by atoms with Gasteiger partial charge in [-0.15, -0.1) is 0 Å². The van der Waals surface area contributed by atoms with Gasteiger partial charge >= 0.3 is 0 Å². The van der Waals surface area contributed by atoms with Gasteiger partial charge in [0.1, 0.15) is 11.9 Å². The molecule has 0 aliphatic rings. The average Bonchev–Trinajstić information content (AvgIpc) is 3.01. The molecule has 0 bridgehead atoms. The molecule has 0 unspecified atom stereocenters. The van der Waals surface area contributed by atoms with Gasteiger partial charge < -0.3 is 9.88 Å². The Kier molecular flexibility index (Phi) is 5.33. The van der Waals surface area contributed by atoms with E-state index in [4.69, 9.17) is 34.8 Å². The maximum absolute atomic E-state index is 12.7. The van der Waals surface area contributed by atoms with Crippen molar-refractivity contribution < 1.29 is 4.79 Å². The summed E-state index contributed by atoms with van der Waals surface area (Å²) >= 11 is 17.9. The number of carbonyl (C=O) groups is 1. The molecule has 0 saturated heterocycles. The highest BCUT2D eigenvalue weighted by Crippen LogP contribution is 2.25. The first-order valence-corrected chi connectivity index (χ1v) is 8.57. The van der Waals surface area contributed by atoms with E-state index in [0.717, 1.165) is 5.56 Å². The van der Waals surface area contributed by atoms with Gasteiger partial charge in [0.25, 0.3) is 5.91 Å². The first-order chi connectivity index (χ1) is 12.0. The molecule has 3 aromatic rings. The second kappa shape index (κ2) is 7.48. The van der Waals surface area contributed by atoms with E-state index in [2.05, 4.69) is 10.3 Å². The second-order valence-electron chi connectivity index (χ2n) is 5.48. The molecule has 2 aromatic carbocycles. The van der Waals surface area contributed by atoms with Crippen LogP contribution in [0.15, 0.2) is 54.9 Å². The van der Waals surface area contributed by atoms with Gasteiger partial charge in [0.15, 0.2) is 0 Å². The molecular weight excluding hydrogens is 381 g/mol. The molecule has 0 aliphatic heterocycles. The Balaban J connectivity index is 1.94. The zero-order valence-corrected chi connectivity index (χ0v) is 15.5. The predicted molar refractivity (Wildman–Crippen MR) is 100 cm³/mol. The summed E-state index contributed by atoms with van der Waals surface area (Å²) in [5, 5.41) is 4.34. The number of hydrogen-bond acceptors (Lipinski definition) is 2. The van der Waals surface area contributed by atoms with Crippen molar-refractivity contribution in [3.05, 3.63) is 86.9 Å². The van der Waals surface area contributed by atoms with Gasteiger partial charge in [0, 0.05) is 30.0 Å². The summed E-state index contributed by atoms with van der Waals surface area (Å²) in [7, 11) is 1.87. The molecule has 128 valence electrons. The van der Waals surface area contributed by atoms with E-state index in [1.54, 1.807) is 30.5 Å². The largest absolute Gasteiger partial charge is 0.338 e. The van der Waals surface area contributed by atoms with E-state index < -0.39 is 6.04 Å². The van der Waals surface area contributed by atoms with Crippen LogP contribution in [0.25, 0.3) is 0 Å². The van der Waals surface area contributed by atoms with E-state index >= 15 is 0 Å². The minimum atomic E-state index is -0.431. The normalized spacial score (nSPS) is 12.0. The molecule has 0 radical (unpaired) electrons. The molecule has 7 heteroatoms. The molecule has 1 aromatic heterocycles. The Labute approximate surface area is 160 Å². The second-order valence-corrected chi connectivity index (χ2v) is 6.73. The highest BCUT2D eigenvalue weighted by Gasteiger charge is 2.21. The van der Waals surface area contributed by atoms with Crippen LogP contribution in [-0.4, -0.2) is 15.5 Å². The topological polar surface area (TPSA) is 46.9 Å². The Morgan fingerprint density at radius 1 is 1.08 bits per heavy atom. The maximum Gasteiger partial charge on any atom is 0.252 e. The zero-order chi connectivity index (χ0) is 18.0. The SMILES string of the molecule is Cn1ccnc1[C@@H](NC(=O)c1ccc(Cl)c(Cl)c1)c1ccc(Cl)cc1. The Morgan fingerprint density at radius 3 is 2.40 bits per heavy atom. The fourth-order valence-electron chi connectivity index (χ4n) is 2.46. The number of imidazole rings is 1. The van der Waals surface area contributed by atoms with E-state index in [1.165, 1.54) is 6.07 Å². The molecule has 0 aliphatic carbocycles. The molecule has 1 amide bonds. The summed E-state index contributed by atoms with van der Waals surface area (Å²) in [6, 6.07) is 11.6. The summed E-state index contributed by atoms with van der Waals surface area (Å²) < 4.78 is 1.86. The van der Waals surface area contributed by atoms with Crippen molar-refractivity contribution in [2.45, 2.75) is 6.04 Å². The van der Waals surface area contributed by atoms with E-state index in [0.29, 0.717) is 26.5 Å². The van der Waals surface area contributed by atoms with Crippen molar-refractivity contribution in [1.29, 1.82) is 0 Å². The maximum atomic E-state index is 12.7. The van der Waals surface area contributed by atoms with Crippen LogP contribution in [0.4, 0.5) is 0 Å². The Bertz CT molecular complexity index is 906. The molecule has 1 atom stereocenters. The minimum absolute atomic E-state index is 0.276. The lowest BCUT2D eigenvalue weighted by atomic mass is 10.1. The lowest BCUT2D eigenvalue weighted by Crippen LogP contribution is -2.31. The number of aryl methyl sites for hydroxylation is 1. The summed E-state index contributed by atoms with van der Waals surface area (Å²) in [6.07, 6.45) is 3.51. The van der Waals surface area contributed by atoms with Crippen molar-refractivity contribution >= 4 is 40.7 Å². The smallest absolute Gasteiger partial charge is 0.252 e. The van der Waals surface area contributed by atoms with Crippen LogP contribution in [0.3, 0.4) is 0 Å². The summed E-state index contributed by atoms with van der Waals surface area (Å²) in [6.45, 7) is 0. The number of rotatable bonds is 4. The molecule has 3 rings (SSSR count). The van der Waals surface area contributed by atoms with E-state index in [1.807, 2.05) is 29.9 Å². The van der Waals surface area contributed by atoms with Crippen LogP contribution in [0.1, 0.15) is 27.8 Å². The number of nitrogens with zero attached hydrogens (tertiary/aromatic N) is 2. The van der Waals surface area contributed by atoms with Crippen molar-refractivity contribution in [3.8, 4) is 0 Å². The van der Waals surface area contributed by atoms with E-state index in [-0.39, 0.29) is 5.91 Å². The van der Waals surface area contributed by atoms with Gasteiger partial charge in [-0.1, -0.05) is 46.9 Å². The number of amides is 1. The third-order valence-electron chi connectivity index (χ3n) is 3.78. The first kappa shape index (κ1) is 17.8. The molecule has 1 heterocycles. The minimum Gasteiger partial charge on any atom is -0.338 e. The number of halogens is 3.